The summed E-state index contributed by atoms with van der Waals surface area (Å²) in [4.78, 5) is 30.8. The van der Waals surface area contributed by atoms with E-state index in [1.165, 1.54) is 10.8 Å². The van der Waals surface area contributed by atoms with Crippen LogP contribution in [0.1, 0.15) is 17.4 Å². The molecule has 0 radical (unpaired) electrons. The van der Waals surface area contributed by atoms with Crippen molar-refractivity contribution in [1.82, 2.24) is 19.9 Å². The van der Waals surface area contributed by atoms with E-state index in [1.54, 1.807) is 25.5 Å². The van der Waals surface area contributed by atoms with Gasteiger partial charge in [-0.05, 0) is 76.5 Å². The van der Waals surface area contributed by atoms with Crippen molar-refractivity contribution in [2.45, 2.75) is 18.8 Å². The topological polar surface area (TPSA) is 158 Å². The summed E-state index contributed by atoms with van der Waals surface area (Å²) in [5.74, 6) is 7.55. The monoisotopic (exact) mass is 715 g/mol. The number of halogens is 1. The Labute approximate surface area is 279 Å². The van der Waals surface area contributed by atoms with Crippen LogP contribution in [0, 0.1) is 11.8 Å². The molecule has 4 N–H and O–H groups in total. The molecule has 4 rings (SSSR count). The zero-order valence-electron chi connectivity index (χ0n) is 25.0. The lowest BCUT2D eigenvalue weighted by atomic mass is 10.1. The van der Waals surface area contributed by atoms with Gasteiger partial charge in [0.1, 0.15) is 42.2 Å². The zero-order valence-corrected chi connectivity index (χ0v) is 27.4. The molecule has 46 heavy (non-hydrogen) atoms. The van der Waals surface area contributed by atoms with Crippen molar-refractivity contribution in [2.75, 3.05) is 58.6 Å². The summed E-state index contributed by atoms with van der Waals surface area (Å²) in [5.41, 5.74) is -0.199. The number of anilines is 1. The molecule has 13 nitrogen and oxygen atoms in total. The summed E-state index contributed by atoms with van der Waals surface area (Å²) in [7, 11) is 1.61. The maximum Gasteiger partial charge on any atom is 0.330 e. The van der Waals surface area contributed by atoms with Crippen molar-refractivity contribution in [3.05, 3.63) is 91.3 Å². The largest absolute Gasteiger partial charge is 0.497 e. The smallest absolute Gasteiger partial charge is 0.330 e. The molecule has 0 saturated carbocycles. The third-order valence-electron chi connectivity index (χ3n) is 6.40. The van der Waals surface area contributed by atoms with Gasteiger partial charge in [-0.25, -0.2) is 9.78 Å². The molecule has 244 valence electrons. The molecule has 0 unspecified atom stereocenters. The van der Waals surface area contributed by atoms with Crippen LogP contribution in [0.25, 0.3) is 0 Å². The molecule has 1 aromatic carbocycles. The van der Waals surface area contributed by atoms with Crippen LogP contribution < -0.4 is 31.4 Å². The van der Waals surface area contributed by atoms with Crippen LogP contribution in [0.2, 0.25) is 0 Å². The molecule has 15 heteroatoms. The summed E-state index contributed by atoms with van der Waals surface area (Å²) >= 11 is 8.73. The van der Waals surface area contributed by atoms with Crippen molar-refractivity contribution >= 4 is 39.1 Å². The normalized spacial score (nSPS) is 15.2. The van der Waals surface area contributed by atoms with Crippen LogP contribution in [0.3, 0.4) is 0 Å². The minimum atomic E-state index is -0.736. The molecule has 0 amide bonds. The number of hydrogen-bond donors (Lipinski definition) is 4. The van der Waals surface area contributed by atoms with Gasteiger partial charge in [0.25, 0.3) is 5.56 Å². The van der Waals surface area contributed by atoms with Gasteiger partial charge in [-0.3, -0.25) is 14.3 Å². The first kappa shape index (κ1) is 34.8. The van der Waals surface area contributed by atoms with Gasteiger partial charge in [0.15, 0.2) is 11.3 Å². The second kappa shape index (κ2) is 18.2. The molecule has 3 heterocycles. The highest BCUT2D eigenvalue weighted by atomic mass is 79.9. The van der Waals surface area contributed by atoms with Gasteiger partial charge in [0.05, 0.1) is 33.5 Å². The Morgan fingerprint density at radius 1 is 1.17 bits per heavy atom. The predicted molar refractivity (Wildman–Crippen MR) is 178 cm³/mol. The second-order valence-corrected chi connectivity index (χ2v) is 10.9. The fourth-order valence-corrected chi connectivity index (χ4v) is 4.58. The summed E-state index contributed by atoms with van der Waals surface area (Å²) in [6.07, 6.45) is 5.68. The van der Waals surface area contributed by atoms with Gasteiger partial charge < -0.3 is 39.4 Å². The standard InChI is InChI=1S/C31H34BrN5O8S/c1-41-24-5-7-26(21(17-24)10-11-33-30(46)35-27-8-4-23(32)18-34-27)44-16-15-43-14-13-42-12-2-3-22-19-37(31(40)36-29(22)39)28-9-6-25(20-38)45-28/h4-9,17-19,25,28,38H,10-16,20H2,1H3,(H,36,39,40)(H2,33,34,35,46)/t25-,28+/m0/s1. The maximum absolute atomic E-state index is 12.2. The number of ether oxygens (including phenoxy) is 5. The van der Waals surface area contributed by atoms with Crippen LogP contribution in [0.4, 0.5) is 5.82 Å². The Hall–Kier alpha value is -4.04. The molecule has 0 fully saturated rings. The number of nitrogens with one attached hydrogen (secondary N) is 3. The number of hydrogen-bond acceptors (Lipinski definition) is 10. The quantitative estimate of drug-likeness (QED) is 0.0788. The first-order valence-corrected chi connectivity index (χ1v) is 15.5. The number of methoxy groups -OCH3 is 1. The fourth-order valence-electron chi connectivity index (χ4n) is 4.14. The van der Waals surface area contributed by atoms with Gasteiger partial charge in [-0.2, -0.15) is 0 Å². The lowest BCUT2D eigenvalue weighted by molar-refractivity contribution is -0.0103. The molecule has 0 saturated heterocycles. The van der Waals surface area contributed by atoms with E-state index in [4.69, 9.17) is 35.9 Å². The number of H-pyrrole nitrogens is 1. The molecule has 0 aliphatic carbocycles. The Morgan fingerprint density at radius 3 is 2.76 bits per heavy atom. The fraction of sp³-hybridized carbons (Fsp3) is 0.355. The lowest BCUT2D eigenvalue weighted by Crippen LogP contribution is -2.33. The average molecular weight is 717 g/mol. The minimum absolute atomic E-state index is 0.0622. The minimum Gasteiger partial charge on any atom is -0.497 e. The van der Waals surface area contributed by atoms with E-state index < -0.39 is 23.6 Å². The number of aliphatic hydroxyl groups is 1. The van der Waals surface area contributed by atoms with Gasteiger partial charge >= 0.3 is 5.69 Å². The van der Waals surface area contributed by atoms with Crippen molar-refractivity contribution in [3.8, 4) is 23.3 Å². The highest BCUT2D eigenvalue weighted by Gasteiger charge is 2.21. The number of pyridine rings is 1. The predicted octanol–water partition coefficient (Wildman–Crippen LogP) is 2.14. The van der Waals surface area contributed by atoms with E-state index in [0.717, 1.165) is 21.5 Å². The van der Waals surface area contributed by atoms with Crippen LogP contribution in [-0.4, -0.2) is 84.2 Å². The molecule has 1 aliphatic rings. The van der Waals surface area contributed by atoms with Gasteiger partial charge in [-0.15, -0.1) is 0 Å². The summed E-state index contributed by atoms with van der Waals surface area (Å²) in [5, 5.41) is 15.9. The van der Waals surface area contributed by atoms with Gasteiger partial charge in [-0.1, -0.05) is 17.9 Å². The first-order chi connectivity index (χ1) is 22.4. The van der Waals surface area contributed by atoms with Crippen molar-refractivity contribution < 1.29 is 28.8 Å². The van der Waals surface area contributed by atoms with Crippen molar-refractivity contribution in [2.24, 2.45) is 0 Å². The highest BCUT2D eigenvalue weighted by Crippen LogP contribution is 2.25. The summed E-state index contributed by atoms with van der Waals surface area (Å²) in [6.45, 7) is 1.71. The van der Waals surface area contributed by atoms with Crippen LogP contribution >= 0.6 is 28.1 Å². The molecule has 0 spiro atoms. The molecular weight excluding hydrogens is 682 g/mol. The van der Waals surface area contributed by atoms with Crippen LogP contribution in [0.5, 0.6) is 11.5 Å². The first-order valence-electron chi connectivity index (χ1n) is 14.3. The zero-order chi connectivity index (χ0) is 32.7. The summed E-state index contributed by atoms with van der Waals surface area (Å²) < 4.78 is 30.0. The Kier molecular flexibility index (Phi) is 13.8. The number of aliphatic hydroxyl groups excluding tert-OH is 1. The average Bonchev–Trinajstić information content (AvgIpc) is 3.53. The number of aromatic nitrogens is 3. The van der Waals surface area contributed by atoms with E-state index in [1.807, 2.05) is 30.3 Å². The number of rotatable bonds is 15. The Balaban J connectivity index is 1.14. The molecule has 3 aromatic rings. The SMILES string of the molecule is COc1ccc(OCCOCCOCC#Cc2cn([C@H]3C=C[C@@H](CO)O3)c(=O)[nH]c2=O)c(CCNC(=S)Nc2ccc(Br)cn2)c1. The second-order valence-electron chi connectivity index (χ2n) is 9.62. The third-order valence-corrected chi connectivity index (χ3v) is 7.11. The molecule has 0 bridgehead atoms. The Bertz CT molecular complexity index is 1670. The third kappa shape index (κ3) is 10.8. The van der Waals surface area contributed by atoms with E-state index in [0.29, 0.717) is 43.7 Å². The highest BCUT2D eigenvalue weighted by molar-refractivity contribution is 9.10. The van der Waals surface area contributed by atoms with E-state index in [2.05, 4.69) is 48.4 Å². The Morgan fingerprint density at radius 2 is 2.00 bits per heavy atom. The number of aromatic amines is 1. The van der Waals surface area contributed by atoms with Crippen molar-refractivity contribution in [3.63, 3.8) is 0 Å². The van der Waals surface area contributed by atoms with E-state index >= 15 is 0 Å². The van der Waals surface area contributed by atoms with Crippen molar-refractivity contribution in [1.29, 1.82) is 0 Å². The molecule has 1 aliphatic heterocycles. The maximum atomic E-state index is 12.2. The van der Waals surface area contributed by atoms with Crippen LogP contribution in [0.15, 0.2) is 68.9 Å². The number of nitrogens with zero attached hydrogens (tertiary/aromatic N) is 2. The summed E-state index contributed by atoms with van der Waals surface area (Å²) in [6, 6.07) is 9.32. The number of benzene rings is 1. The van der Waals surface area contributed by atoms with E-state index in [-0.39, 0.29) is 25.4 Å². The lowest BCUT2D eigenvalue weighted by Gasteiger charge is -2.14. The van der Waals surface area contributed by atoms with Crippen LogP contribution in [-0.2, 0) is 20.6 Å². The van der Waals surface area contributed by atoms with Gasteiger partial charge in [0, 0.05) is 23.4 Å². The van der Waals surface area contributed by atoms with Gasteiger partial charge in [0.2, 0.25) is 0 Å². The van der Waals surface area contributed by atoms with E-state index in [9.17, 15) is 14.7 Å². The molecule has 2 atom stereocenters. The molecular formula is C31H34BrN5O8S. The number of thiocarbonyl (C=S) groups is 1. The molecule has 2 aromatic heterocycles.